The number of aromatic nitrogens is 2. The van der Waals surface area contributed by atoms with Crippen LogP contribution in [0, 0.1) is 5.92 Å². The summed E-state index contributed by atoms with van der Waals surface area (Å²) < 4.78 is 28.2. The molecule has 1 fully saturated rings. The van der Waals surface area contributed by atoms with Gasteiger partial charge in [0, 0.05) is 5.02 Å². The molecule has 2 aromatic carbocycles. The molecule has 7 heteroatoms. The lowest BCUT2D eigenvalue weighted by atomic mass is 9.99. The molecule has 0 unspecified atom stereocenters. The highest BCUT2D eigenvalue weighted by atomic mass is 35.5. The SMILES string of the molecule is CC1CCN(Cc2nc3ccccc3n2S(=O)(=O)c2ccc(Cl)cc2)CC1. The molecule has 1 aliphatic heterocycles. The quantitative estimate of drug-likeness (QED) is 0.656. The van der Waals surface area contributed by atoms with Crippen LogP contribution in [0.1, 0.15) is 25.6 Å². The number of rotatable bonds is 4. The Morgan fingerprint density at radius 2 is 1.74 bits per heavy atom. The van der Waals surface area contributed by atoms with Crippen LogP contribution in [0.4, 0.5) is 0 Å². The molecule has 0 bridgehead atoms. The van der Waals surface area contributed by atoms with E-state index in [4.69, 9.17) is 11.6 Å². The Morgan fingerprint density at radius 1 is 1.07 bits per heavy atom. The number of hydrogen-bond acceptors (Lipinski definition) is 4. The molecule has 4 rings (SSSR count). The van der Waals surface area contributed by atoms with Crippen LogP contribution in [0.25, 0.3) is 11.0 Å². The summed E-state index contributed by atoms with van der Waals surface area (Å²) in [5, 5.41) is 0.507. The third kappa shape index (κ3) is 3.61. The molecule has 0 spiro atoms. The minimum absolute atomic E-state index is 0.212. The van der Waals surface area contributed by atoms with Crippen molar-refractivity contribution in [2.45, 2.75) is 31.2 Å². The standard InChI is InChI=1S/C20H22ClN3O2S/c1-15-10-12-23(13-11-15)14-20-22-18-4-2-3-5-19(18)24(20)27(25,26)17-8-6-16(21)7-9-17/h2-9,15H,10-14H2,1H3. The van der Waals surface area contributed by atoms with Crippen molar-refractivity contribution in [2.24, 2.45) is 5.92 Å². The second-order valence-electron chi connectivity index (χ2n) is 7.20. The fourth-order valence-electron chi connectivity index (χ4n) is 3.55. The Balaban J connectivity index is 1.79. The fraction of sp³-hybridized carbons (Fsp3) is 0.350. The first-order chi connectivity index (χ1) is 12.9. The molecule has 1 saturated heterocycles. The number of halogens is 1. The predicted octanol–water partition coefficient (Wildman–Crippen LogP) is 4.16. The Hall–Kier alpha value is -1.89. The summed E-state index contributed by atoms with van der Waals surface area (Å²) in [5.74, 6) is 1.28. The number of piperidine rings is 1. The van der Waals surface area contributed by atoms with E-state index in [1.54, 1.807) is 30.3 Å². The largest absolute Gasteiger partial charge is 0.296 e. The summed E-state index contributed by atoms with van der Waals surface area (Å²) >= 11 is 5.93. The molecule has 0 amide bonds. The number of fused-ring (bicyclic) bond motifs is 1. The van der Waals surface area contributed by atoms with Gasteiger partial charge < -0.3 is 0 Å². The lowest BCUT2D eigenvalue weighted by Gasteiger charge is -2.29. The van der Waals surface area contributed by atoms with Crippen LogP contribution in [0.3, 0.4) is 0 Å². The molecule has 0 radical (unpaired) electrons. The zero-order chi connectivity index (χ0) is 19.0. The molecule has 1 aromatic heterocycles. The first kappa shape index (κ1) is 18.5. The summed E-state index contributed by atoms with van der Waals surface area (Å²) in [6.07, 6.45) is 2.26. The molecule has 0 aliphatic carbocycles. The second-order valence-corrected chi connectivity index (χ2v) is 9.42. The average molecular weight is 404 g/mol. The predicted molar refractivity (Wildman–Crippen MR) is 107 cm³/mol. The van der Waals surface area contributed by atoms with Gasteiger partial charge in [-0.2, -0.15) is 0 Å². The second kappa shape index (κ2) is 7.26. The molecule has 142 valence electrons. The van der Waals surface area contributed by atoms with Gasteiger partial charge in [0.2, 0.25) is 0 Å². The van der Waals surface area contributed by atoms with Crippen molar-refractivity contribution >= 4 is 32.7 Å². The monoisotopic (exact) mass is 403 g/mol. The summed E-state index contributed by atoms with van der Waals surface area (Å²) in [6, 6.07) is 13.6. The minimum Gasteiger partial charge on any atom is -0.296 e. The van der Waals surface area contributed by atoms with Crippen molar-refractivity contribution in [1.29, 1.82) is 0 Å². The molecule has 5 nitrogen and oxygen atoms in total. The van der Waals surface area contributed by atoms with Gasteiger partial charge in [-0.3, -0.25) is 4.90 Å². The Morgan fingerprint density at radius 3 is 2.44 bits per heavy atom. The van der Waals surface area contributed by atoms with Crippen LogP contribution >= 0.6 is 11.6 Å². The minimum atomic E-state index is -3.76. The van der Waals surface area contributed by atoms with Crippen molar-refractivity contribution < 1.29 is 8.42 Å². The maximum Gasteiger partial charge on any atom is 0.269 e. The smallest absolute Gasteiger partial charge is 0.269 e. The average Bonchev–Trinajstić information content (AvgIpc) is 3.02. The number of nitrogens with zero attached hydrogens (tertiary/aromatic N) is 3. The number of hydrogen-bond donors (Lipinski definition) is 0. The zero-order valence-corrected chi connectivity index (χ0v) is 16.7. The molecule has 2 heterocycles. The van der Waals surface area contributed by atoms with Gasteiger partial charge in [0.15, 0.2) is 0 Å². The summed E-state index contributed by atoms with van der Waals surface area (Å²) in [4.78, 5) is 7.15. The molecule has 0 saturated carbocycles. The molecule has 3 aromatic rings. The maximum atomic E-state index is 13.4. The lowest BCUT2D eigenvalue weighted by Crippen LogP contribution is -2.33. The number of likely N-dealkylation sites (tertiary alicyclic amines) is 1. The summed E-state index contributed by atoms with van der Waals surface area (Å²) in [7, 11) is -3.76. The first-order valence-electron chi connectivity index (χ1n) is 9.15. The van der Waals surface area contributed by atoms with Crippen LogP contribution < -0.4 is 0 Å². The van der Waals surface area contributed by atoms with Gasteiger partial charge >= 0.3 is 0 Å². The summed E-state index contributed by atoms with van der Waals surface area (Å²) in [5.41, 5.74) is 1.29. The molecule has 0 atom stereocenters. The van der Waals surface area contributed by atoms with Crippen molar-refractivity contribution in [3.63, 3.8) is 0 Å². The van der Waals surface area contributed by atoms with Gasteiger partial charge in [-0.1, -0.05) is 30.7 Å². The van der Waals surface area contributed by atoms with E-state index < -0.39 is 10.0 Å². The summed E-state index contributed by atoms with van der Waals surface area (Å²) in [6.45, 7) is 4.71. The van der Waals surface area contributed by atoms with Crippen molar-refractivity contribution in [1.82, 2.24) is 13.9 Å². The highest BCUT2D eigenvalue weighted by Gasteiger charge is 2.26. The van der Waals surface area contributed by atoms with Crippen LogP contribution in [0.5, 0.6) is 0 Å². The van der Waals surface area contributed by atoms with Gasteiger partial charge in [-0.15, -0.1) is 0 Å². The van der Waals surface area contributed by atoms with Gasteiger partial charge in [-0.25, -0.2) is 17.4 Å². The molecule has 0 N–H and O–H groups in total. The third-order valence-corrected chi connectivity index (χ3v) is 7.19. The molecular formula is C20H22ClN3O2S. The van der Waals surface area contributed by atoms with Gasteiger partial charge in [0.05, 0.1) is 22.5 Å². The topological polar surface area (TPSA) is 55.2 Å². The van der Waals surface area contributed by atoms with Crippen LogP contribution in [-0.2, 0) is 16.6 Å². The Kier molecular flexibility index (Phi) is 4.97. The van der Waals surface area contributed by atoms with E-state index in [0.717, 1.165) is 31.8 Å². The van der Waals surface area contributed by atoms with Gasteiger partial charge in [-0.05, 0) is 68.2 Å². The molecule has 27 heavy (non-hydrogen) atoms. The Labute approximate surface area is 164 Å². The normalized spacial score (nSPS) is 16.8. The van der Waals surface area contributed by atoms with E-state index in [1.807, 2.05) is 18.2 Å². The van der Waals surface area contributed by atoms with Gasteiger partial charge in [0.1, 0.15) is 5.82 Å². The number of imidazole rings is 1. The van der Waals surface area contributed by atoms with E-state index in [0.29, 0.717) is 28.4 Å². The third-order valence-electron chi connectivity index (χ3n) is 5.18. The van der Waals surface area contributed by atoms with Crippen molar-refractivity contribution in [3.8, 4) is 0 Å². The van der Waals surface area contributed by atoms with Crippen molar-refractivity contribution in [3.05, 3.63) is 59.4 Å². The molecular weight excluding hydrogens is 382 g/mol. The fourth-order valence-corrected chi connectivity index (χ4v) is 5.16. The van der Waals surface area contributed by atoms with E-state index in [2.05, 4.69) is 16.8 Å². The van der Waals surface area contributed by atoms with Gasteiger partial charge in [0.25, 0.3) is 10.0 Å². The van der Waals surface area contributed by atoms with E-state index in [-0.39, 0.29) is 4.90 Å². The van der Waals surface area contributed by atoms with Crippen LogP contribution in [0.2, 0.25) is 5.02 Å². The van der Waals surface area contributed by atoms with E-state index in [1.165, 1.54) is 3.97 Å². The highest BCUT2D eigenvalue weighted by Crippen LogP contribution is 2.26. The first-order valence-corrected chi connectivity index (χ1v) is 11.0. The van der Waals surface area contributed by atoms with Crippen LogP contribution in [0.15, 0.2) is 53.4 Å². The number of para-hydroxylation sites is 2. The highest BCUT2D eigenvalue weighted by molar-refractivity contribution is 7.90. The van der Waals surface area contributed by atoms with Crippen LogP contribution in [-0.4, -0.2) is 35.4 Å². The zero-order valence-electron chi connectivity index (χ0n) is 15.2. The lowest BCUT2D eigenvalue weighted by molar-refractivity contribution is 0.181. The van der Waals surface area contributed by atoms with E-state index >= 15 is 0 Å². The Bertz CT molecular complexity index is 1050. The number of benzene rings is 2. The van der Waals surface area contributed by atoms with E-state index in [9.17, 15) is 8.42 Å². The maximum absolute atomic E-state index is 13.4. The van der Waals surface area contributed by atoms with Crippen molar-refractivity contribution in [2.75, 3.05) is 13.1 Å². The molecule has 1 aliphatic rings.